The van der Waals surface area contributed by atoms with Gasteiger partial charge in [-0.3, -0.25) is 10.1 Å². The van der Waals surface area contributed by atoms with Crippen LogP contribution < -0.4 is 10.1 Å². The van der Waals surface area contributed by atoms with Gasteiger partial charge in [-0.05, 0) is 56.2 Å². The van der Waals surface area contributed by atoms with Crippen LogP contribution in [0, 0.1) is 13.8 Å². The van der Waals surface area contributed by atoms with Crippen LogP contribution in [0.1, 0.15) is 23.6 Å². The minimum absolute atomic E-state index is 0.217. The number of allylic oxidation sites excluding steroid dienone is 1. The Labute approximate surface area is 189 Å². The Morgan fingerprint density at radius 1 is 1.25 bits per heavy atom. The number of amides is 1. The highest BCUT2D eigenvalue weighted by Gasteiger charge is 2.17. The summed E-state index contributed by atoms with van der Waals surface area (Å²) in [5, 5.41) is 4.13. The maximum atomic E-state index is 12.7. The highest BCUT2D eigenvalue weighted by atomic mass is 32.2. The molecular weight excluding hydrogens is 448 g/mol. The van der Waals surface area contributed by atoms with Crippen molar-refractivity contribution in [2.45, 2.75) is 25.7 Å². The SMILES string of the molecule is COc1c(/C(C)=C/C(=O)Nc2nc3ccc(S(C)(=O)=O)cc3s2)cc2c(C)coc2c1C. The van der Waals surface area contributed by atoms with E-state index in [4.69, 9.17) is 9.15 Å². The number of thiazole rings is 1. The number of carbonyl (C=O) groups excluding carboxylic acids is 1. The van der Waals surface area contributed by atoms with E-state index < -0.39 is 9.84 Å². The van der Waals surface area contributed by atoms with Crippen LogP contribution in [-0.4, -0.2) is 32.7 Å². The summed E-state index contributed by atoms with van der Waals surface area (Å²) in [6, 6.07) is 6.67. The van der Waals surface area contributed by atoms with Crippen molar-refractivity contribution < 1.29 is 22.4 Å². The normalized spacial score (nSPS) is 12.5. The average Bonchev–Trinajstić information content (AvgIpc) is 3.29. The van der Waals surface area contributed by atoms with Gasteiger partial charge in [-0.1, -0.05) is 11.3 Å². The Bertz CT molecular complexity index is 1510. The summed E-state index contributed by atoms with van der Waals surface area (Å²) in [5.41, 5.74) is 4.80. The van der Waals surface area contributed by atoms with Crippen LogP contribution in [0.15, 0.2) is 45.9 Å². The van der Waals surface area contributed by atoms with E-state index in [9.17, 15) is 13.2 Å². The fraction of sp³-hybridized carbons (Fsp3) is 0.217. The van der Waals surface area contributed by atoms with Crippen molar-refractivity contribution in [2.75, 3.05) is 18.7 Å². The summed E-state index contributed by atoms with van der Waals surface area (Å²) in [4.78, 5) is 17.3. The first-order chi connectivity index (χ1) is 15.1. The Hall–Kier alpha value is -3.17. The largest absolute Gasteiger partial charge is 0.496 e. The molecule has 1 N–H and O–H groups in total. The van der Waals surface area contributed by atoms with E-state index in [2.05, 4.69) is 10.3 Å². The van der Waals surface area contributed by atoms with Gasteiger partial charge in [0.15, 0.2) is 15.0 Å². The monoisotopic (exact) mass is 470 g/mol. The number of aryl methyl sites for hydroxylation is 2. The van der Waals surface area contributed by atoms with E-state index in [1.165, 1.54) is 23.5 Å². The first-order valence-corrected chi connectivity index (χ1v) is 12.4. The van der Waals surface area contributed by atoms with Gasteiger partial charge in [-0.2, -0.15) is 0 Å². The molecule has 166 valence electrons. The molecule has 0 aliphatic rings. The zero-order valence-corrected chi connectivity index (χ0v) is 19.9. The quantitative estimate of drug-likeness (QED) is 0.407. The van der Waals surface area contributed by atoms with Gasteiger partial charge in [0.1, 0.15) is 11.3 Å². The van der Waals surface area contributed by atoms with Gasteiger partial charge in [-0.25, -0.2) is 13.4 Å². The summed E-state index contributed by atoms with van der Waals surface area (Å²) < 4.78 is 35.5. The molecule has 2 heterocycles. The van der Waals surface area contributed by atoms with E-state index in [0.29, 0.717) is 21.1 Å². The van der Waals surface area contributed by atoms with Crippen LogP contribution in [0.2, 0.25) is 0 Å². The fourth-order valence-corrected chi connectivity index (χ4v) is 5.23. The van der Waals surface area contributed by atoms with E-state index in [-0.39, 0.29) is 10.8 Å². The highest BCUT2D eigenvalue weighted by Crippen LogP contribution is 2.37. The molecule has 4 rings (SSSR count). The number of hydrogen-bond donors (Lipinski definition) is 1. The second-order valence-electron chi connectivity index (χ2n) is 7.62. The van der Waals surface area contributed by atoms with Crippen molar-refractivity contribution in [1.82, 2.24) is 4.98 Å². The topological polar surface area (TPSA) is 98.5 Å². The van der Waals surface area contributed by atoms with Gasteiger partial charge in [0, 0.05) is 28.8 Å². The average molecular weight is 471 g/mol. The molecule has 9 heteroatoms. The van der Waals surface area contributed by atoms with Gasteiger partial charge in [0.05, 0.1) is 28.5 Å². The third-order valence-electron chi connectivity index (χ3n) is 5.23. The van der Waals surface area contributed by atoms with Crippen molar-refractivity contribution in [3.63, 3.8) is 0 Å². The molecule has 0 radical (unpaired) electrons. The van der Waals surface area contributed by atoms with Crippen LogP contribution in [-0.2, 0) is 14.6 Å². The number of fused-ring (bicyclic) bond motifs is 2. The summed E-state index contributed by atoms with van der Waals surface area (Å²) in [6.45, 7) is 5.73. The molecule has 1 amide bonds. The first-order valence-electron chi connectivity index (χ1n) is 9.74. The summed E-state index contributed by atoms with van der Waals surface area (Å²) >= 11 is 1.22. The molecule has 0 saturated carbocycles. The molecule has 0 spiro atoms. The number of nitrogens with zero attached hydrogens (tertiary/aromatic N) is 1. The third-order valence-corrected chi connectivity index (χ3v) is 7.28. The van der Waals surface area contributed by atoms with Crippen LogP contribution in [0.4, 0.5) is 5.13 Å². The van der Waals surface area contributed by atoms with Crippen LogP contribution >= 0.6 is 11.3 Å². The minimum atomic E-state index is -3.32. The fourth-order valence-electron chi connectivity index (χ4n) is 3.60. The number of aromatic nitrogens is 1. The number of carbonyl (C=O) groups is 1. The second kappa shape index (κ2) is 8.07. The van der Waals surface area contributed by atoms with E-state index >= 15 is 0 Å². The molecule has 0 aliphatic heterocycles. The van der Waals surface area contributed by atoms with Crippen molar-refractivity contribution in [3.8, 4) is 5.75 Å². The van der Waals surface area contributed by atoms with Crippen LogP contribution in [0.3, 0.4) is 0 Å². The molecule has 4 aromatic rings. The maximum Gasteiger partial charge on any atom is 0.250 e. The predicted molar refractivity (Wildman–Crippen MR) is 127 cm³/mol. The molecule has 0 saturated heterocycles. The van der Waals surface area contributed by atoms with Crippen LogP contribution in [0.25, 0.3) is 26.8 Å². The number of benzene rings is 2. The lowest BCUT2D eigenvalue weighted by atomic mass is 9.98. The smallest absolute Gasteiger partial charge is 0.250 e. The van der Waals surface area contributed by atoms with Crippen molar-refractivity contribution in [2.24, 2.45) is 0 Å². The lowest BCUT2D eigenvalue weighted by Crippen LogP contribution is -2.08. The number of hydrogen-bond acceptors (Lipinski definition) is 7. The van der Waals surface area contributed by atoms with Gasteiger partial charge >= 0.3 is 0 Å². The van der Waals surface area contributed by atoms with Gasteiger partial charge < -0.3 is 9.15 Å². The third kappa shape index (κ3) is 4.01. The van der Waals surface area contributed by atoms with E-state index in [1.54, 1.807) is 25.5 Å². The standard InChI is InChI=1S/C23H22N2O5S2/c1-12(16-10-17-13(2)11-30-22(17)14(3)21(16)29-4)8-20(26)25-23-24-18-7-6-15(32(5,27)28)9-19(18)31-23/h6-11H,1-5H3,(H,24,25,26)/b12-8+. The zero-order valence-electron chi connectivity index (χ0n) is 18.3. The van der Waals surface area contributed by atoms with Crippen LogP contribution in [0.5, 0.6) is 5.75 Å². The molecule has 0 aliphatic carbocycles. The zero-order chi connectivity index (χ0) is 23.2. The van der Waals surface area contributed by atoms with Gasteiger partial charge in [0.2, 0.25) is 5.91 Å². The Morgan fingerprint density at radius 2 is 2.00 bits per heavy atom. The minimum Gasteiger partial charge on any atom is -0.496 e. The first kappa shape index (κ1) is 22.0. The summed E-state index contributed by atoms with van der Waals surface area (Å²) in [5.74, 6) is 0.315. The van der Waals surface area contributed by atoms with E-state index in [0.717, 1.165) is 39.5 Å². The molecule has 0 bridgehead atoms. The number of rotatable bonds is 5. The lowest BCUT2D eigenvalue weighted by Gasteiger charge is -2.13. The number of methoxy groups -OCH3 is 1. The van der Waals surface area contributed by atoms with Crippen molar-refractivity contribution >= 4 is 59.0 Å². The molecule has 0 unspecified atom stereocenters. The second-order valence-corrected chi connectivity index (χ2v) is 10.7. The summed E-state index contributed by atoms with van der Waals surface area (Å²) in [7, 11) is -1.73. The number of furan rings is 1. The molecule has 0 atom stereocenters. The molecule has 2 aromatic carbocycles. The Morgan fingerprint density at radius 3 is 2.69 bits per heavy atom. The summed E-state index contributed by atoms with van der Waals surface area (Å²) in [6.07, 6.45) is 4.35. The number of nitrogens with one attached hydrogen (secondary N) is 1. The molecule has 2 aromatic heterocycles. The Balaban J connectivity index is 1.65. The molecule has 7 nitrogen and oxygen atoms in total. The Kier molecular flexibility index (Phi) is 5.56. The number of anilines is 1. The molecular formula is C23H22N2O5S2. The van der Waals surface area contributed by atoms with Crippen molar-refractivity contribution in [3.05, 3.63) is 53.3 Å². The number of ether oxygens (including phenoxy) is 1. The lowest BCUT2D eigenvalue weighted by molar-refractivity contribution is -0.111. The van der Waals surface area contributed by atoms with Crippen molar-refractivity contribution in [1.29, 1.82) is 0 Å². The number of sulfone groups is 1. The maximum absolute atomic E-state index is 12.7. The predicted octanol–water partition coefficient (Wildman–Crippen LogP) is 5.11. The highest BCUT2D eigenvalue weighted by molar-refractivity contribution is 7.90. The van der Waals surface area contributed by atoms with E-state index in [1.807, 2.05) is 26.8 Å². The van der Waals surface area contributed by atoms with Gasteiger partial charge in [-0.15, -0.1) is 0 Å². The molecule has 32 heavy (non-hydrogen) atoms. The van der Waals surface area contributed by atoms with Gasteiger partial charge in [0.25, 0.3) is 0 Å². The molecule has 0 fully saturated rings.